The highest BCUT2D eigenvalue weighted by Gasteiger charge is 2.24. The molecule has 1 aromatic carbocycles. The zero-order valence-corrected chi connectivity index (χ0v) is 20.1. The summed E-state index contributed by atoms with van der Waals surface area (Å²) in [6, 6.07) is 6.15. The second-order valence-electron chi connectivity index (χ2n) is 7.54. The number of aromatic nitrogens is 1. The Hall–Kier alpha value is -1.97. The first-order valence-corrected chi connectivity index (χ1v) is 9.74. The third-order valence-electron chi connectivity index (χ3n) is 4.81. The van der Waals surface area contributed by atoms with Crippen molar-refractivity contribution in [1.29, 1.82) is 0 Å². The van der Waals surface area contributed by atoms with Crippen LogP contribution in [-0.4, -0.2) is 37.2 Å². The molecule has 1 aliphatic heterocycles. The van der Waals surface area contributed by atoms with E-state index in [0.717, 1.165) is 35.5 Å². The standard InChI is InChI=1S/C21H30N4O3.HI/c1-6-22-20(23-12-19-25-14(2)15(3)28-19)24-13-21(4,5)16-7-8-17-18(11-16)27-10-9-26-17;/h7-8,11H,6,9-10,12-13H2,1-5H3,(H2,22,23,24);1H. The van der Waals surface area contributed by atoms with E-state index in [2.05, 4.69) is 46.6 Å². The molecule has 0 amide bonds. The highest BCUT2D eigenvalue weighted by molar-refractivity contribution is 14.0. The number of guanidine groups is 1. The lowest BCUT2D eigenvalue weighted by Gasteiger charge is -2.28. The fourth-order valence-electron chi connectivity index (χ4n) is 2.97. The van der Waals surface area contributed by atoms with Gasteiger partial charge in [-0.05, 0) is 38.5 Å². The number of halogens is 1. The fraction of sp³-hybridized carbons (Fsp3) is 0.524. The Bertz CT molecular complexity index is 829. The molecule has 2 N–H and O–H groups in total. The number of aliphatic imine (C=N–C) groups is 1. The molecule has 0 radical (unpaired) electrons. The van der Waals surface area contributed by atoms with Gasteiger partial charge in [0.25, 0.3) is 0 Å². The van der Waals surface area contributed by atoms with E-state index in [4.69, 9.17) is 13.9 Å². The molecule has 0 spiro atoms. The molecule has 2 heterocycles. The Morgan fingerprint density at radius 1 is 1.14 bits per heavy atom. The summed E-state index contributed by atoms with van der Waals surface area (Å²) in [5.41, 5.74) is 1.96. The minimum atomic E-state index is -0.123. The highest BCUT2D eigenvalue weighted by atomic mass is 127. The van der Waals surface area contributed by atoms with Gasteiger partial charge in [-0.2, -0.15) is 0 Å². The van der Waals surface area contributed by atoms with Gasteiger partial charge in [0.1, 0.15) is 25.5 Å². The van der Waals surface area contributed by atoms with E-state index in [-0.39, 0.29) is 29.4 Å². The van der Waals surface area contributed by atoms with E-state index in [9.17, 15) is 0 Å². The maximum Gasteiger partial charge on any atom is 0.216 e. The van der Waals surface area contributed by atoms with Gasteiger partial charge in [0.05, 0.1) is 5.69 Å². The maximum absolute atomic E-state index is 5.72. The summed E-state index contributed by atoms with van der Waals surface area (Å²) in [7, 11) is 0. The van der Waals surface area contributed by atoms with Gasteiger partial charge < -0.3 is 24.5 Å². The van der Waals surface area contributed by atoms with Crippen molar-refractivity contribution in [3.8, 4) is 11.5 Å². The molecule has 29 heavy (non-hydrogen) atoms. The average Bonchev–Trinajstić information content (AvgIpc) is 3.01. The van der Waals surface area contributed by atoms with Crippen molar-refractivity contribution < 1.29 is 13.9 Å². The molecule has 0 atom stereocenters. The molecule has 160 valence electrons. The lowest BCUT2D eigenvalue weighted by atomic mass is 9.84. The molecule has 2 aromatic rings. The molecule has 0 fully saturated rings. The van der Waals surface area contributed by atoms with Gasteiger partial charge in [0, 0.05) is 18.5 Å². The lowest BCUT2D eigenvalue weighted by Crippen LogP contribution is -2.43. The molecule has 0 unspecified atom stereocenters. The quantitative estimate of drug-likeness (QED) is 0.348. The Labute approximate surface area is 189 Å². The van der Waals surface area contributed by atoms with E-state index in [1.165, 1.54) is 5.56 Å². The predicted molar refractivity (Wildman–Crippen MR) is 125 cm³/mol. The summed E-state index contributed by atoms with van der Waals surface area (Å²) in [6.07, 6.45) is 0. The lowest BCUT2D eigenvalue weighted by molar-refractivity contribution is 0.171. The van der Waals surface area contributed by atoms with Crippen molar-refractivity contribution in [3.05, 3.63) is 41.1 Å². The van der Waals surface area contributed by atoms with E-state index >= 15 is 0 Å². The molecule has 0 saturated heterocycles. The van der Waals surface area contributed by atoms with E-state index < -0.39 is 0 Å². The van der Waals surface area contributed by atoms with Crippen LogP contribution in [-0.2, 0) is 12.0 Å². The molecular weight excluding hydrogens is 483 g/mol. The molecule has 1 aliphatic rings. The van der Waals surface area contributed by atoms with E-state index in [0.29, 0.717) is 32.2 Å². The largest absolute Gasteiger partial charge is 0.486 e. The molecule has 0 saturated carbocycles. The zero-order valence-electron chi connectivity index (χ0n) is 17.8. The molecule has 3 rings (SSSR count). The Kier molecular flexibility index (Phi) is 8.18. The summed E-state index contributed by atoms with van der Waals surface area (Å²) in [5.74, 6) is 3.82. The molecular formula is C21H31IN4O3. The average molecular weight is 514 g/mol. The van der Waals surface area contributed by atoms with Crippen molar-refractivity contribution in [2.75, 3.05) is 26.3 Å². The second-order valence-corrected chi connectivity index (χ2v) is 7.54. The normalized spacial score (nSPS) is 13.6. The first-order chi connectivity index (χ1) is 13.4. The monoisotopic (exact) mass is 514 g/mol. The number of nitrogens with one attached hydrogen (secondary N) is 2. The first-order valence-electron chi connectivity index (χ1n) is 9.74. The number of oxazole rings is 1. The number of benzene rings is 1. The summed E-state index contributed by atoms with van der Waals surface area (Å²) in [4.78, 5) is 8.98. The fourth-order valence-corrected chi connectivity index (χ4v) is 2.97. The van der Waals surface area contributed by atoms with Crippen LogP contribution in [0.15, 0.2) is 27.6 Å². The molecule has 1 aromatic heterocycles. The van der Waals surface area contributed by atoms with Gasteiger partial charge >= 0.3 is 0 Å². The number of ether oxygens (including phenoxy) is 2. The van der Waals surface area contributed by atoms with Gasteiger partial charge in [0.2, 0.25) is 5.89 Å². The Morgan fingerprint density at radius 3 is 2.52 bits per heavy atom. The summed E-state index contributed by atoms with van der Waals surface area (Å²) >= 11 is 0. The van der Waals surface area contributed by atoms with Crippen molar-refractivity contribution in [2.45, 2.75) is 46.6 Å². The van der Waals surface area contributed by atoms with Gasteiger partial charge in [-0.3, -0.25) is 0 Å². The van der Waals surface area contributed by atoms with E-state index in [1.54, 1.807) is 0 Å². The summed E-state index contributed by atoms with van der Waals surface area (Å²) in [5, 5.41) is 6.70. The summed E-state index contributed by atoms with van der Waals surface area (Å²) in [6.45, 7) is 13.3. The van der Waals surface area contributed by atoms with Crippen molar-refractivity contribution in [2.24, 2.45) is 4.99 Å². The Balaban J connectivity index is 0.00000300. The van der Waals surface area contributed by atoms with Crippen LogP contribution in [0.4, 0.5) is 0 Å². The van der Waals surface area contributed by atoms with Crippen molar-refractivity contribution in [3.63, 3.8) is 0 Å². The number of fused-ring (bicyclic) bond motifs is 1. The predicted octanol–water partition coefficient (Wildman–Crippen LogP) is 3.71. The summed E-state index contributed by atoms with van der Waals surface area (Å²) < 4.78 is 17.0. The Morgan fingerprint density at radius 2 is 1.86 bits per heavy atom. The SMILES string of the molecule is CCNC(=NCc1nc(C)c(C)o1)NCC(C)(C)c1ccc2c(c1)OCCO2.I. The molecule has 7 nitrogen and oxygen atoms in total. The molecule has 8 heteroatoms. The number of nitrogens with zero attached hydrogens (tertiary/aromatic N) is 2. The van der Waals surface area contributed by atoms with Crippen molar-refractivity contribution >= 4 is 29.9 Å². The van der Waals surface area contributed by atoms with Crippen molar-refractivity contribution in [1.82, 2.24) is 15.6 Å². The topological polar surface area (TPSA) is 80.9 Å². The maximum atomic E-state index is 5.72. The van der Waals surface area contributed by atoms with Gasteiger partial charge in [-0.1, -0.05) is 19.9 Å². The molecule has 0 bridgehead atoms. The van der Waals surface area contributed by atoms with Crippen LogP contribution in [0.5, 0.6) is 11.5 Å². The van der Waals surface area contributed by atoms with E-state index in [1.807, 2.05) is 26.8 Å². The number of aryl methyl sites for hydroxylation is 2. The van der Waals surface area contributed by atoms with Crippen LogP contribution in [0.3, 0.4) is 0 Å². The van der Waals surface area contributed by atoms with Crippen LogP contribution in [0, 0.1) is 13.8 Å². The van der Waals surface area contributed by atoms with Gasteiger partial charge in [0.15, 0.2) is 17.5 Å². The number of rotatable bonds is 6. The minimum absolute atomic E-state index is 0. The van der Waals surface area contributed by atoms with Gasteiger partial charge in [-0.25, -0.2) is 9.98 Å². The van der Waals surface area contributed by atoms with Crippen LogP contribution in [0.1, 0.15) is 43.7 Å². The second kappa shape index (κ2) is 10.2. The third-order valence-corrected chi connectivity index (χ3v) is 4.81. The zero-order chi connectivity index (χ0) is 20.1. The number of hydrogen-bond acceptors (Lipinski definition) is 5. The number of hydrogen-bond donors (Lipinski definition) is 2. The minimum Gasteiger partial charge on any atom is -0.486 e. The van der Waals surface area contributed by atoms with Crippen LogP contribution >= 0.6 is 24.0 Å². The van der Waals surface area contributed by atoms with Crippen LogP contribution in [0.25, 0.3) is 0 Å². The van der Waals surface area contributed by atoms with Crippen LogP contribution < -0.4 is 20.1 Å². The van der Waals surface area contributed by atoms with Gasteiger partial charge in [-0.15, -0.1) is 24.0 Å². The first kappa shape index (κ1) is 23.3. The van der Waals surface area contributed by atoms with Crippen LogP contribution in [0.2, 0.25) is 0 Å². The smallest absolute Gasteiger partial charge is 0.216 e. The third kappa shape index (κ3) is 6.01. The molecule has 0 aliphatic carbocycles. The highest BCUT2D eigenvalue weighted by Crippen LogP contribution is 2.34.